The van der Waals surface area contributed by atoms with Crippen molar-refractivity contribution in [3.8, 4) is 11.5 Å². The number of carbonyl (C=O) groups excluding carboxylic acids is 1. The summed E-state index contributed by atoms with van der Waals surface area (Å²) in [6.45, 7) is 2.51. The van der Waals surface area contributed by atoms with Crippen molar-refractivity contribution in [1.82, 2.24) is 8.87 Å². The van der Waals surface area contributed by atoms with Crippen molar-refractivity contribution in [2.45, 2.75) is 24.7 Å². The van der Waals surface area contributed by atoms with Gasteiger partial charge in [0.25, 0.3) is 5.91 Å². The molecule has 1 fully saturated rings. The van der Waals surface area contributed by atoms with Crippen LogP contribution in [0.4, 0.5) is 0 Å². The number of fused-ring (bicyclic) bond motifs is 1. The molecule has 1 amide bonds. The van der Waals surface area contributed by atoms with Gasteiger partial charge in [-0.25, -0.2) is 8.42 Å². The van der Waals surface area contributed by atoms with Gasteiger partial charge in [0, 0.05) is 20.1 Å². The molecule has 0 N–H and O–H groups in total. The summed E-state index contributed by atoms with van der Waals surface area (Å²) in [5.74, 6) is 0.517. The smallest absolute Gasteiger partial charge is 0.252 e. The van der Waals surface area contributed by atoms with Crippen LogP contribution in [0.25, 0.3) is 10.2 Å². The fraction of sp³-hybridized carbons (Fsp3) is 0.391. The third-order valence-electron chi connectivity index (χ3n) is 5.96. The summed E-state index contributed by atoms with van der Waals surface area (Å²) < 4.78 is 41.1. The number of piperidine rings is 1. The van der Waals surface area contributed by atoms with Crippen LogP contribution in [0.1, 0.15) is 18.4 Å². The fourth-order valence-corrected chi connectivity index (χ4v) is 6.70. The Morgan fingerprint density at radius 3 is 2.52 bits per heavy atom. The highest BCUT2D eigenvalue weighted by Gasteiger charge is 2.33. The lowest BCUT2D eigenvalue weighted by molar-refractivity contribution is -0.122. The van der Waals surface area contributed by atoms with Gasteiger partial charge in [-0.05, 0) is 55.7 Å². The number of ether oxygens (including phenoxy) is 2. The van der Waals surface area contributed by atoms with Crippen LogP contribution >= 0.6 is 11.3 Å². The van der Waals surface area contributed by atoms with Gasteiger partial charge in [0.05, 0.1) is 29.7 Å². The maximum atomic E-state index is 13.1. The molecular formula is C23H27N3O5S2. The van der Waals surface area contributed by atoms with E-state index < -0.39 is 15.9 Å². The van der Waals surface area contributed by atoms with E-state index in [4.69, 9.17) is 9.47 Å². The van der Waals surface area contributed by atoms with E-state index in [0.29, 0.717) is 29.9 Å². The normalized spacial score (nSPS) is 17.9. The van der Waals surface area contributed by atoms with E-state index in [9.17, 15) is 13.2 Å². The molecule has 1 aromatic heterocycles. The number of hydrogen-bond acceptors (Lipinski definition) is 6. The van der Waals surface area contributed by atoms with Crippen LogP contribution in [-0.2, 0) is 21.9 Å². The van der Waals surface area contributed by atoms with Crippen LogP contribution < -0.4 is 14.3 Å². The van der Waals surface area contributed by atoms with Gasteiger partial charge in [0.1, 0.15) is 17.0 Å². The molecule has 1 unspecified atom stereocenters. The van der Waals surface area contributed by atoms with E-state index in [-0.39, 0.29) is 17.3 Å². The molecule has 10 heteroatoms. The molecule has 1 aliphatic rings. The second-order valence-electron chi connectivity index (χ2n) is 8.03. The molecule has 2 heterocycles. The van der Waals surface area contributed by atoms with E-state index >= 15 is 0 Å². The largest absolute Gasteiger partial charge is 0.497 e. The SMILES string of the molecule is COc1ccc(S(=O)(=O)N2CCCC(C(=O)N=c3sc4c(C)ccc(OC)c4n3C)C2)cc1. The van der Waals surface area contributed by atoms with E-state index in [1.54, 1.807) is 19.2 Å². The Morgan fingerprint density at radius 2 is 1.85 bits per heavy atom. The van der Waals surface area contributed by atoms with E-state index in [1.165, 1.54) is 34.9 Å². The first-order valence-electron chi connectivity index (χ1n) is 10.6. The summed E-state index contributed by atoms with van der Waals surface area (Å²) in [6, 6.07) is 10.2. The third kappa shape index (κ3) is 4.42. The number of methoxy groups -OCH3 is 2. The van der Waals surface area contributed by atoms with Gasteiger partial charge >= 0.3 is 0 Å². The van der Waals surface area contributed by atoms with Crippen molar-refractivity contribution < 1.29 is 22.7 Å². The Hall–Kier alpha value is -2.69. The molecule has 1 atom stereocenters. The Bertz CT molecular complexity index is 1360. The molecule has 33 heavy (non-hydrogen) atoms. The van der Waals surface area contributed by atoms with Gasteiger partial charge < -0.3 is 14.0 Å². The Kier molecular flexibility index (Phi) is 6.60. The molecule has 0 aliphatic carbocycles. The van der Waals surface area contributed by atoms with Crippen LogP contribution in [0, 0.1) is 12.8 Å². The van der Waals surface area contributed by atoms with Gasteiger partial charge in [0.2, 0.25) is 10.0 Å². The van der Waals surface area contributed by atoms with Crippen molar-refractivity contribution in [3.63, 3.8) is 0 Å². The van der Waals surface area contributed by atoms with Crippen molar-refractivity contribution in [1.29, 1.82) is 0 Å². The second-order valence-corrected chi connectivity index (χ2v) is 10.9. The summed E-state index contributed by atoms with van der Waals surface area (Å²) in [7, 11) is 1.29. The Balaban J connectivity index is 1.61. The number of hydrogen-bond donors (Lipinski definition) is 0. The third-order valence-corrected chi connectivity index (χ3v) is 9.11. The molecule has 3 aromatic rings. The van der Waals surface area contributed by atoms with Crippen LogP contribution in [0.2, 0.25) is 0 Å². The highest BCUT2D eigenvalue weighted by molar-refractivity contribution is 7.89. The second kappa shape index (κ2) is 9.28. The van der Waals surface area contributed by atoms with Crippen LogP contribution in [-0.4, -0.2) is 50.5 Å². The Labute approximate surface area is 197 Å². The van der Waals surface area contributed by atoms with Crippen LogP contribution in [0.3, 0.4) is 0 Å². The number of benzene rings is 2. The number of aryl methyl sites for hydroxylation is 2. The number of sulfonamides is 1. The molecule has 4 rings (SSSR count). The molecule has 0 spiro atoms. The number of amides is 1. The van der Waals surface area contributed by atoms with Gasteiger partial charge in [0.15, 0.2) is 4.80 Å². The summed E-state index contributed by atoms with van der Waals surface area (Å²) in [5, 5.41) is 0. The minimum absolute atomic E-state index is 0.119. The van der Waals surface area contributed by atoms with Gasteiger partial charge in [-0.1, -0.05) is 17.4 Å². The molecule has 1 saturated heterocycles. The summed E-state index contributed by atoms with van der Waals surface area (Å²) >= 11 is 1.43. The van der Waals surface area contributed by atoms with Crippen LogP contribution in [0.5, 0.6) is 11.5 Å². The van der Waals surface area contributed by atoms with Crippen molar-refractivity contribution in [2.24, 2.45) is 18.0 Å². The zero-order valence-electron chi connectivity index (χ0n) is 19.1. The van der Waals surface area contributed by atoms with Crippen LogP contribution in [0.15, 0.2) is 46.3 Å². The van der Waals surface area contributed by atoms with Crippen molar-refractivity contribution >= 4 is 37.5 Å². The quantitative estimate of drug-likeness (QED) is 0.549. The number of carbonyl (C=O) groups is 1. The number of nitrogens with zero attached hydrogens (tertiary/aromatic N) is 3. The van der Waals surface area contributed by atoms with Gasteiger partial charge in [-0.15, -0.1) is 0 Å². The number of thiazole rings is 1. The minimum atomic E-state index is -3.70. The first-order valence-corrected chi connectivity index (χ1v) is 12.9. The molecule has 1 aliphatic heterocycles. The first kappa shape index (κ1) is 23.5. The molecule has 0 radical (unpaired) electrons. The van der Waals surface area contributed by atoms with E-state index in [2.05, 4.69) is 4.99 Å². The maximum Gasteiger partial charge on any atom is 0.252 e. The molecule has 0 bridgehead atoms. The topological polar surface area (TPSA) is 90.2 Å². The lowest BCUT2D eigenvalue weighted by atomic mass is 9.99. The van der Waals surface area contributed by atoms with E-state index in [1.807, 2.05) is 30.7 Å². The van der Waals surface area contributed by atoms with Gasteiger partial charge in [-0.2, -0.15) is 9.30 Å². The standard InChI is InChI=1S/C23H27N3O5S2/c1-15-7-12-19(31-4)20-21(15)32-23(25(20)2)24-22(27)16-6-5-13-26(14-16)33(28,29)18-10-8-17(30-3)9-11-18/h7-12,16H,5-6,13-14H2,1-4H3. The fourth-order valence-electron chi connectivity index (χ4n) is 4.06. The average Bonchev–Trinajstić information content (AvgIpc) is 3.16. The monoisotopic (exact) mass is 489 g/mol. The lowest BCUT2D eigenvalue weighted by Gasteiger charge is -2.30. The maximum absolute atomic E-state index is 13.1. The highest BCUT2D eigenvalue weighted by atomic mass is 32.2. The minimum Gasteiger partial charge on any atom is -0.497 e. The average molecular weight is 490 g/mol. The predicted octanol–water partition coefficient (Wildman–Crippen LogP) is 3.09. The molecule has 0 saturated carbocycles. The molecule has 2 aromatic carbocycles. The highest BCUT2D eigenvalue weighted by Crippen LogP contribution is 2.30. The number of aromatic nitrogens is 1. The predicted molar refractivity (Wildman–Crippen MR) is 127 cm³/mol. The van der Waals surface area contributed by atoms with Crippen molar-refractivity contribution in [3.05, 3.63) is 46.8 Å². The first-order chi connectivity index (χ1) is 15.8. The van der Waals surface area contributed by atoms with E-state index in [0.717, 1.165) is 21.5 Å². The number of rotatable bonds is 5. The molecular weight excluding hydrogens is 462 g/mol. The zero-order valence-corrected chi connectivity index (χ0v) is 20.7. The Morgan fingerprint density at radius 1 is 1.12 bits per heavy atom. The lowest BCUT2D eigenvalue weighted by Crippen LogP contribution is -2.42. The summed E-state index contributed by atoms with van der Waals surface area (Å²) in [6.07, 6.45) is 1.21. The van der Waals surface area contributed by atoms with Gasteiger partial charge in [-0.3, -0.25) is 4.79 Å². The summed E-state index contributed by atoms with van der Waals surface area (Å²) in [4.78, 5) is 18.2. The van der Waals surface area contributed by atoms with Crippen molar-refractivity contribution in [2.75, 3.05) is 27.3 Å². The summed E-state index contributed by atoms with van der Waals surface area (Å²) in [5.41, 5.74) is 1.97. The molecule has 8 nitrogen and oxygen atoms in total. The molecule has 176 valence electrons. The zero-order chi connectivity index (χ0) is 23.8.